The van der Waals surface area contributed by atoms with E-state index in [0.717, 1.165) is 39.0 Å². The molecule has 2 heterocycles. The largest absolute Gasteiger partial charge is 0.491 e. The van der Waals surface area contributed by atoms with E-state index in [2.05, 4.69) is 27.0 Å². The van der Waals surface area contributed by atoms with E-state index in [1.54, 1.807) is 12.1 Å². The molecule has 0 aliphatic rings. The van der Waals surface area contributed by atoms with Gasteiger partial charge in [-0.25, -0.2) is 9.97 Å². The van der Waals surface area contributed by atoms with Crippen LogP contribution in [-0.4, -0.2) is 36.3 Å². The molecule has 3 aromatic carbocycles. The topological polar surface area (TPSA) is 99.5 Å². The lowest BCUT2D eigenvalue weighted by atomic mass is 10.2. The van der Waals surface area contributed by atoms with Crippen LogP contribution in [0.1, 0.15) is 0 Å². The molecule has 5 aromatic rings. The monoisotopic (exact) mass is 465 g/mol. The molecular formula is C28H27N5O2. The van der Waals surface area contributed by atoms with Gasteiger partial charge in [-0.2, -0.15) is 0 Å². The van der Waals surface area contributed by atoms with Crippen molar-refractivity contribution < 1.29 is 9.47 Å². The van der Waals surface area contributed by atoms with Crippen LogP contribution in [0.4, 0.5) is 17.3 Å². The van der Waals surface area contributed by atoms with Crippen LogP contribution in [0.15, 0.2) is 91.0 Å². The number of benzene rings is 3. The number of nitrogen functional groups attached to an aromatic ring is 2. The molecule has 7 nitrogen and oxygen atoms in total. The van der Waals surface area contributed by atoms with Crippen LogP contribution in [0.3, 0.4) is 0 Å². The summed E-state index contributed by atoms with van der Waals surface area (Å²) in [4.78, 5) is 11.0. The number of nitrogens with zero attached hydrogens (tertiary/aromatic N) is 3. The van der Waals surface area contributed by atoms with E-state index in [9.17, 15) is 0 Å². The number of fused-ring (bicyclic) bond motifs is 2. The Kier molecular flexibility index (Phi) is 6.48. The van der Waals surface area contributed by atoms with Gasteiger partial charge in [0.05, 0.1) is 24.1 Å². The summed E-state index contributed by atoms with van der Waals surface area (Å²) in [6, 6.07) is 29.4. The van der Waals surface area contributed by atoms with Gasteiger partial charge < -0.3 is 25.8 Å². The van der Waals surface area contributed by atoms with E-state index < -0.39 is 0 Å². The van der Waals surface area contributed by atoms with Crippen molar-refractivity contribution in [3.63, 3.8) is 0 Å². The molecule has 176 valence electrons. The number of pyridine rings is 2. The number of nitrogens with two attached hydrogens (primary N) is 2. The van der Waals surface area contributed by atoms with Crippen LogP contribution in [-0.2, 0) is 0 Å². The molecule has 4 N–H and O–H groups in total. The third kappa shape index (κ3) is 5.19. The second-order valence-electron chi connectivity index (χ2n) is 8.14. The molecule has 5 rings (SSSR count). The molecule has 0 unspecified atom stereocenters. The van der Waals surface area contributed by atoms with Gasteiger partial charge in [-0.1, -0.05) is 30.3 Å². The maximum Gasteiger partial charge on any atom is 0.128 e. The Labute approximate surface area is 203 Å². The molecule has 0 aliphatic heterocycles. The highest BCUT2D eigenvalue weighted by Gasteiger charge is 2.10. The number of aromatic nitrogens is 2. The second-order valence-corrected chi connectivity index (χ2v) is 8.14. The zero-order valence-corrected chi connectivity index (χ0v) is 19.3. The number of ether oxygens (including phenoxy) is 2. The van der Waals surface area contributed by atoms with Crippen molar-refractivity contribution in [2.45, 2.75) is 0 Å². The van der Waals surface area contributed by atoms with Gasteiger partial charge in [0.2, 0.25) is 0 Å². The molecule has 0 saturated carbocycles. The first kappa shape index (κ1) is 22.3. The molecule has 0 saturated heterocycles. The fourth-order valence-electron chi connectivity index (χ4n) is 4.08. The zero-order chi connectivity index (χ0) is 24.0. The van der Waals surface area contributed by atoms with Gasteiger partial charge >= 0.3 is 0 Å². The van der Waals surface area contributed by atoms with Gasteiger partial charge in [-0.05, 0) is 60.7 Å². The van der Waals surface area contributed by atoms with Crippen LogP contribution < -0.4 is 25.8 Å². The van der Waals surface area contributed by atoms with E-state index in [4.69, 9.17) is 20.9 Å². The highest BCUT2D eigenvalue weighted by molar-refractivity contribution is 5.87. The predicted molar refractivity (Wildman–Crippen MR) is 142 cm³/mol. The highest BCUT2D eigenvalue weighted by Crippen LogP contribution is 2.26. The maximum atomic E-state index is 6.16. The molecule has 35 heavy (non-hydrogen) atoms. The molecule has 0 bridgehead atoms. The van der Waals surface area contributed by atoms with Crippen LogP contribution in [0.2, 0.25) is 0 Å². The highest BCUT2D eigenvalue weighted by atomic mass is 16.5. The second kappa shape index (κ2) is 10.2. The van der Waals surface area contributed by atoms with E-state index >= 15 is 0 Å². The van der Waals surface area contributed by atoms with Crippen LogP contribution >= 0.6 is 0 Å². The average Bonchev–Trinajstić information content (AvgIpc) is 2.88. The Balaban J connectivity index is 1.26. The molecule has 0 spiro atoms. The van der Waals surface area contributed by atoms with Crippen molar-refractivity contribution in [1.29, 1.82) is 0 Å². The minimum atomic E-state index is 0.496. The van der Waals surface area contributed by atoms with Gasteiger partial charge in [0.25, 0.3) is 0 Å². The van der Waals surface area contributed by atoms with E-state index in [1.165, 1.54) is 0 Å². The third-order valence-electron chi connectivity index (χ3n) is 5.79. The average molecular weight is 466 g/mol. The Morgan fingerprint density at radius 2 is 1.09 bits per heavy atom. The molecule has 2 aromatic heterocycles. The van der Waals surface area contributed by atoms with Gasteiger partial charge in [0, 0.05) is 16.5 Å². The molecule has 0 radical (unpaired) electrons. The van der Waals surface area contributed by atoms with Gasteiger partial charge in [0.15, 0.2) is 0 Å². The summed E-state index contributed by atoms with van der Waals surface area (Å²) in [6.45, 7) is 2.41. The lowest BCUT2D eigenvalue weighted by Gasteiger charge is -2.25. The summed E-state index contributed by atoms with van der Waals surface area (Å²) >= 11 is 0. The lowest BCUT2D eigenvalue weighted by molar-refractivity contribution is 0.307. The molecule has 0 amide bonds. The summed E-state index contributed by atoms with van der Waals surface area (Å²) < 4.78 is 12.3. The Morgan fingerprint density at radius 3 is 1.60 bits per heavy atom. The number of hydrogen-bond acceptors (Lipinski definition) is 7. The summed E-state index contributed by atoms with van der Waals surface area (Å²) in [6.07, 6.45) is 0. The van der Waals surface area contributed by atoms with Crippen molar-refractivity contribution >= 4 is 39.1 Å². The number of hydrogen-bond donors (Lipinski definition) is 2. The Morgan fingerprint density at radius 1 is 0.571 bits per heavy atom. The predicted octanol–water partition coefficient (Wildman–Crippen LogP) is 4.91. The van der Waals surface area contributed by atoms with E-state index in [-0.39, 0.29) is 0 Å². The fraction of sp³-hybridized carbons (Fsp3) is 0.143. The quantitative estimate of drug-likeness (QED) is 0.319. The van der Waals surface area contributed by atoms with Crippen LogP contribution in [0.5, 0.6) is 11.5 Å². The van der Waals surface area contributed by atoms with Gasteiger partial charge in [-0.15, -0.1) is 0 Å². The zero-order valence-electron chi connectivity index (χ0n) is 19.3. The number of rotatable bonds is 9. The Bertz CT molecular complexity index is 1350. The normalized spacial score (nSPS) is 11.0. The van der Waals surface area contributed by atoms with Crippen molar-refractivity contribution in [1.82, 2.24) is 9.97 Å². The van der Waals surface area contributed by atoms with E-state index in [0.29, 0.717) is 37.9 Å². The third-order valence-corrected chi connectivity index (χ3v) is 5.79. The Hall–Kier alpha value is -4.52. The standard InChI is InChI=1S/C28H27N5O2/c29-27-14-12-21-23(31-27)8-4-10-25(21)34-18-16-33(20-6-2-1-3-7-20)17-19-35-26-11-5-9-24-22(26)13-15-28(30)32-24/h1-15H,16-19H2,(H2,29,31)(H2,30,32). The SMILES string of the molecule is Nc1ccc2c(OCCN(CCOc3cccc4nc(N)ccc34)c3ccccc3)cccc2n1. The van der Waals surface area contributed by atoms with Crippen molar-refractivity contribution in [2.75, 3.05) is 42.7 Å². The van der Waals surface area contributed by atoms with Crippen molar-refractivity contribution in [3.8, 4) is 11.5 Å². The minimum Gasteiger partial charge on any atom is -0.491 e. The van der Waals surface area contributed by atoms with E-state index in [1.807, 2.05) is 66.7 Å². The molecule has 0 fully saturated rings. The molecule has 0 aliphatic carbocycles. The van der Waals surface area contributed by atoms with Gasteiger partial charge in [-0.3, -0.25) is 0 Å². The fourth-order valence-corrected chi connectivity index (χ4v) is 4.08. The molecule has 7 heteroatoms. The smallest absolute Gasteiger partial charge is 0.128 e. The summed E-state index contributed by atoms with van der Waals surface area (Å²) in [5.74, 6) is 2.58. The minimum absolute atomic E-state index is 0.496. The van der Waals surface area contributed by atoms with Crippen molar-refractivity contribution in [3.05, 3.63) is 91.0 Å². The van der Waals surface area contributed by atoms with Crippen LogP contribution in [0.25, 0.3) is 21.8 Å². The first-order chi connectivity index (χ1) is 17.2. The molecule has 0 atom stereocenters. The van der Waals surface area contributed by atoms with Gasteiger partial charge in [0.1, 0.15) is 36.3 Å². The molecular weight excluding hydrogens is 438 g/mol. The number of para-hydroxylation sites is 1. The summed E-state index contributed by atoms with van der Waals surface area (Å²) in [5, 5.41) is 1.89. The number of anilines is 3. The summed E-state index contributed by atoms with van der Waals surface area (Å²) in [5.41, 5.74) is 14.4. The maximum absolute atomic E-state index is 6.16. The first-order valence-electron chi connectivity index (χ1n) is 11.5. The van der Waals surface area contributed by atoms with Crippen LogP contribution in [0, 0.1) is 0 Å². The summed E-state index contributed by atoms with van der Waals surface area (Å²) in [7, 11) is 0. The lowest BCUT2D eigenvalue weighted by Crippen LogP contribution is -2.32. The van der Waals surface area contributed by atoms with Crippen molar-refractivity contribution in [2.24, 2.45) is 0 Å². The first-order valence-corrected chi connectivity index (χ1v) is 11.5.